The molecule has 0 amide bonds. The molecule has 24 heavy (non-hydrogen) atoms. The molecule has 1 saturated heterocycles. The second kappa shape index (κ2) is 5.52. The Kier molecular flexibility index (Phi) is 3.45. The summed E-state index contributed by atoms with van der Waals surface area (Å²) in [4.78, 5) is 15.7. The van der Waals surface area contributed by atoms with Gasteiger partial charge in [-0.25, -0.2) is 9.97 Å². The average molecular weight is 324 g/mol. The lowest BCUT2D eigenvalue weighted by molar-refractivity contribution is 0.0448. The second-order valence-electron chi connectivity index (χ2n) is 6.64. The number of piperidine rings is 1. The van der Waals surface area contributed by atoms with Gasteiger partial charge in [-0.3, -0.25) is 9.67 Å². The lowest BCUT2D eigenvalue weighted by Gasteiger charge is -2.37. The van der Waals surface area contributed by atoms with Crippen LogP contribution in [0.3, 0.4) is 0 Å². The lowest BCUT2D eigenvalue weighted by Crippen LogP contribution is -2.46. The minimum Gasteiger partial charge on any atom is -0.388 e. The van der Waals surface area contributed by atoms with Crippen LogP contribution in [0.4, 0.5) is 5.82 Å². The summed E-state index contributed by atoms with van der Waals surface area (Å²) in [5.74, 6) is 1.45. The standard InChI is InChI=1S/C17H20N6O/c1-17(24)6-4-8-23(11-17)16-13-10-19-22(2)15(13)20-14(21-16)12-5-3-7-18-9-12/h3,5,7,9-10,24H,4,6,8,11H2,1-2H3/t17-/m1/s1. The number of anilines is 1. The molecule has 0 radical (unpaired) electrons. The first kappa shape index (κ1) is 15.0. The van der Waals surface area contributed by atoms with Crippen LogP contribution in [0, 0.1) is 0 Å². The fourth-order valence-electron chi connectivity index (χ4n) is 3.27. The molecular weight excluding hydrogens is 304 g/mol. The number of hydrogen-bond donors (Lipinski definition) is 1. The molecule has 7 nitrogen and oxygen atoms in total. The van der Waals surface area contributed by atoms with Crippen molar-refractivity contribution in [2.75, 3.05) is 18.0 Å². The monoisotopic (exact) mass is 324 g/mol. The van der Waals surface area contributed by atoms with Gasteiger partial charge in [0.05, 0.1) is 17.2 Å². The van der Waals surface area contributed by atoms with Crippen molar-refractivity contribution in [3.63, 3.8) is 0 Å². The van der Waals surface area contributed by atoms with Crippen LogP contribution in [0.1, 0.15) is 19.8 Å². The van der Waals surface area contributed by atoms with Gasteiger partial charge in [-0.15, -0.1) is 0 Å². The van der Waals surface area contributed by atoms with E-state index in [-0.39, 0.29) is 0 Å². The number of aromatic nitrogens is 5. The van der Waals surface area contributed by atoms with Crippen molar-refractivity contribution < 1.29 is 5.11 Å². The molecule has 0 saturated carbocycles. The molecule has 0 aliphatic carbocycles. The summed E-state index contributed by atoms with van der Waals surface area (Å²) >= 11 is 0. The highest BCUT2D eigenvalue weighted by molar-refractivity contribution is 5.88. The van der Waals surface area contributed by atoms with E-state index in [4.69, 9.17) is 4.98 Å². The topological polar surface area (TPSA) is 80.0 Å². The van der Waals surface area contributed by atoms with Gasteiger partial charge in [0.15, 0.2) is 11.5 Å². The van der Waals surface area contributed by atoms with Gasteiger partial charge in [-0.2, -0.15) is 5.10 Å². The summed E-state index contributed by atoms with van der Waals surface area (Å²) < 4.78 is 1.75. The normalized spacial score (nSPS) is 21.4. The van der Waals surface area contributed by atoms with Crippen LogP contribution in [0.15, 0.2) is 30.7 Å². The molecule has 0 aromatic carbocycles. The predicted octanol–water partition coefficient (Wildman–Crippen LogP) is 1.78. The molecule has 0 unspecified atom stereocenters. The van der Waals surface area contributed by atoms with Crippen LogP contribution >= 0.6 is 0 Å². The Morgan fingerprint density at radius 3 is 2.88 bits per heavy atom. The number of hydrogen-bond acceptors (Lipinski definition) is 6. The van der Waals surface area contributed by atoms with Crippen LogP contribution in [0.5, 0.6) is 0 Å². The van der Waals surface area contributed by atoms with Gasteiger partial charge in [-0.05, 0) is 31.9 Å². The van der Waals surface area contributed by atoms with Gasteiger partial charge in [-0.1, -0.05) is 0 Å². The van der Waals surface area contributed by atoms with E-state index >= 15 is 0 Å². The maximum Gasteiger partial charge on any atom is 0.165 e. The van der Waals surface area contributed by atoms with Crippen molar-refractivity contribution in [3.8, 4) is 11.4 Å². The highest BCUT2D eigenvalue weighted by Crippen LogP contribution is 2.31. The number of pyridine rings is 1. The zero-order chi connectivity index (χ0) is 16.7. The minimum atomic E-state index is -0.702. The molecule has 3 aromatic heterocycles. The first-order valence-corrected chi connectivity index (χ1v) is 8.11. The van der Waals surface area contributed by atoms with Crippen molar-refractivity contribution in [3.05, 3.63) is 30.7 Å². The molecule has 1 N–H and O–H groups in total. The highest BCUT2D eigenvalue weighted by Gasteiger charge is 2.30. The van der Waals surface area contributed by atoms with E-state index in [0.29, 0.717) is 12.4 Å². The van der Waals surface area contributed by atoms with Crippen molar-refractivity contribution in [1.29, 1.82) is 0 Å². The largest absolute Gasteiger partial charge is 0.388 e. The Labute approximate surface area is 140 Å². The third kappa shape index (κ3) is 2.60. The van der Waals surface area contributed by atoms with Gasteiger partial charge in [0.2, 0.25) is 0 Å². The number of β-amino-alcohol motifs (C(OH)–C–C–N with tert-alkyl or cyclic N) is 1. The fraction of sp³-hybridized carbons (Fsp3) is 0.412. The molecule has 7 heteroatoms. The Hall–Kier alpha value is -2.54. The summed E-state index contributed by atoms with van der Waals surface area (Å²) in [5.41, 5.74) is 0.946. The first-order valence-electron chi connectivity index (χ1n) is 8.11. The summed E-state index contributed by atoms with van der Waals surface area (Å²) in [6.07, 6.45) is 7.02. The lowest BCUT2D eigenvalue weighted by atomic mass is 9.95. The Balaban J connectivity index is 1.87. The van der Waals surface area contributed by atoms with Gasteiger partial charge in [0, 0.05) is 38.1 Å². The zero-order valence-corrected chi connectivity index (χ0v) is 13.8. The van der Waals surface area contributed by atoms with E-state index in [1.54, 1.807) is 23.3 Å². The molecule has 1 atom stereocenters. The van der Waals surface area contributed by atoms with E-state index in [2.05, 4.69) is 20.0 Å². The second-order valence-corrected chi connectivity index (χ2v) is 6.64. The quantitative estimate of drug-likeness (QED) is 0.774. The summed E-state index contributed by atoms with van der Waals surface area (Å²) in [6, 6.07) is 3.82. The van der Waals surface area contributed by atoms with E-state index in [9.17, 15) is 5.11 Å². The molecule has 1 aliphatic heterocycles. The average Bonchev–Trinajstić information content (AvgIpc) is 2.95. The first-order chi connectivity index (χ1) is 11.5. The van der Waals surface area contributed by atoms with E-state index < -0.39 is 5.60 Å². The molecule has 1 aliphatic rings. The summed E-state index contributed by atoms with van der Waals surface area (Å²) in [6.45, 7) is 3.30. The molecule has 124 valence electrons. The number of aryl methyl sites for hydroxylation is 1. The van der Waals surface area contributed by atoms with Gasteiger partial charge in [0.1, 0.15) is 5.82 Å². The van der Waals surface area contributed by atoms with E-state index in [0.717, 1.165) is 41.8 Å². The van der Waals surface area contributed by atoms with Crippen LogP contribution in [-0.4, -0.2) is 48.5 Å². The SMILES string of the molecule is Cn1ncc2c(N3CCC[C@@](C)(O)C3)nc(-c3cccnc3)nc21. The van der Waals surface area contributed by atoms with Crippen molar-refractivity contribution in [1.82, 2.24) is 24.7 Å². The van der Waals surface area contributed by atoms with Gasteiger partial charge >= 0.3 is 0 Å². The zero-order valence-electron chi connectivity index (χ0n) is 13.8. The highest BCUT2D eigenvalue weighted by atomic mass is 16.3. The maximum absolute atomic E-state index is 10.5. The van der Waals surface area contributed by atoms with Gasteiger partial charge < -0.3 is 10.0 Å². The maximum atomic E-state index is 10.5. The smallest absolute Gasteiger partial charge is 0.165 e. The number of aliphatic hydroxyl groups is 1. The van der Waals surface area contributed by atoms with Crippen molar-refractivity contribution in [2.24, 2.45) is 7.05 Å². The van der Waals surface area contributed by atoms with E-state index in [1.165, 1.54) is 0 Å². The fourth-order valence-corrected chi connectivity index (χ4v) is 3.27. The molecule has 4 heterocycles. The molecule has 3 aromatic rings. The number of nitrogens with zero attached hydrogens (tertiary/aromatic N) is 6. The Morgan fingerprint density at radius 1 is 1.25 bits per heavy atom. The third-order valence-corrected chi connectivity index (χ3v) is 4.47. The Morgan fingerprint density at radius 2 is 2.12 bits per heavy atom. The van der Waals surface area contributed by atoms with Crippen LogP contribution in [0.2, 0.25) is 0 Å². The van der Waals surface area contributed by atoms with Crippen LogP contribution in [0.25, 0.3) is 22.4 Å². The van der Waals surface area contributed by atoms with Crippen molar-refractivity contribution >= 4 is 16.9 Å². The van der Waals surface area contributed by atoms with E-state index in [1.807, 2.05) is 26.1 Å². The molecule has 0 bridgehead atoms. The Bertz CT molecular complexity index is 873. The summed E-state index contributed by atoms with van der Waals surface area (Å²) in [5, 5.41) is 15.7. The predicted molar refractivity (Wildman–Crippen MR) is 91.6 cm³/mol. The molecular formula is C17H20N6O. The molecule has 0 spiro atoms. The van der Waals surface area contributed by atoms with Crippen LogP contribution < -0.4 is 4.90 Å². The summed E-state index contributed by atoms with van der Waals surface area (Å²) in [7, 11) is 1.87. The van der Waals surface area contributed by atoms with Crippen molar-refractivity contribution in [2.45, 2.75) is 25.4 Å². The number of rotatable bonds is 2. The molecule has 4 rings (SSSR count). The molecule has 1 fully saturated rings. The number of fused-ring (bicyclic) bond motifs is 1. The minimum absolute atomic E-state index is 0.556. The van der Waals surface area contributed by atoms with Crippen LogP contribution in [-0.2, 0) is 7.05 Å². The third-order valence-electron chi connectivity index (χ3n) is 4.47. The van der Waals surface area contributed by atoms with Gasteiger partial charge in [0.25, 0.3) is 0 Å².